The maximum Gasteiger partial charge on any atom is 0.148 e. The van der Waals surface area contributed by atoms with Crippen LogP contribution in [0.1, 0.15) is 17.0 Å². The number of benzene rings is 1. The first-order valence-corrected chi connectivity index (χ1v) is 7.06. The molecule has 0 amide bonds. The predicted octanol–water partition coefficient (Wildman–Crippen LogP) is 4.08. The molecule has 96 valence electrons. The van der Waals surface area contributed by atoms with Gasteiger partial charge in [0.2, 0.25) is 0 Å². The Hall–Kier alpha value is -1.99. The number of aromatic nitrogens is 1. The highest BCUT2D eigenvalue weighted by atomic mass is 32.2. The summed E-state index contributed by atoms with van der Waals surface area (Å²) in [5.41, 5.74) is 2.02. The fourth-order valence-corrected chi connectivity index (χ4v) is 2.19. The van der Waals surface area contributed by atoms with Gasteiger partial charge in [-0.2, -0.15) is 5.26 Å². The molecule has 0 fully saturated rings. The summed E-state index contributed by atoms with van der Waals surface area (Å²) >= 11 is 1.68. The summed E-state index contributed by atoms with van der Waals surface area (Å²) in [4.78, 5) is 5.44. The highest BCUT2D eigenvalue weighted by Gasteiger charge is 2.10. The maximum atomic E-state index is 9.18. The van der Waals surface area contributed by atoms with Crippen molar-refractivity contribution in [3.05, 3.63) is 47.3 Å². The summed E-state index contributed by atoms with van der Waals surface area (Å²) in [6.07, 6.45) is 2.03. The van der Waals surface area contributed by atoms with E-state index in [0.29, 0.717) is 17.0 Å². The largest absolute Gasteiger partial charge is 0.456 e. The fourth-order valence-electron chi connectivity index (χ4n) is 1.78. The number of ether oxygens (including phenoxy) is 1. The van der Waals surface area contributed by atoms with Gasteiger partial charge < -0.3 is 4.74 Å². The van der Waals surface area contributed by atoms with Crippen molar-refractivity contribution in [3.63, 3.8) is 0 Å². The quantitative estimate of drug-likeness (QED) is 0.788. The molecule has 0 aliphatic carbocycles. The van der Waals surface area contributed by atoms with Crippen LogP contribution in [-0.2, 0) is 0 Å². The monoisotopic (exact) mass is 270 g/mol. The highest BCUT2D eigenvalue weighted by molar-refractivity contribution is 7.98. The summed E-state index contributed by atoms with van der Waals surface area (Å²) in [5.74, 6) is 1.28. The van der Waals surface area contributed by atoms with E-state index in [2.05, 4.69) is 11.1 Å². The van der Waals surface area contributed by atoms with Gasteiger partial charge in [0.1, 0.15) is 23.1 Å². The van der Waals surface area contributed by atoms with Crippen LogP contribution in [0.25, 0.3) is 0 Å². The number of rotatable bonds is 3. The molecule has 1 heterocycles. The molecule has 0 aliphatic heterocycles. The van der Waals surface area contributed by atoms with E-state index in [0.717, 1.165) is 11.4 Å². The van der Waals surface area contributed by atoms with Crippen LogP contribution in [-0.4, -0.2) is 11.2 Å². The van der Waals surface area contributed by atoms with Crippen LogP contribution >= 0.6 is 11.8 Å². The first-order chi connectivity index (χ1) is 9.13. The summed E-state index contributed by atoms with van der Waals surface area (Å²) in [5, 5.41) is 9.18. The van der Waals surface area contributed by atoms with Crippen molar-refractivity contribution in [2.75, 3.05) is 6.26 Å². The number of nitrogens with zero attached hydrogens (tertiary/aromatic N) is 2. The van der Waals surface area contributed by atoms with Crippen LogP contribution in [0.5, 0.6) is 11.5 Å². The number of thioether (sulfide) groups is 1. The summed E-state index contributed by atoms with van der Waals surface area (Å²) in [7, 11) is 0. The minimum Gasteiger partial charge on any atom is -0.456 e. The van der Waals surface area contributed by atoms with E-state index in [1.165, 1.54) is 4.90 Å². The van der Waals surface area contributed by atoms with E-state index in [1.807, 2.05) is 44.4 Å². The van der Waals surface area contributed by atoms with E-state index < -0.39 is 0 Å². The van der Waals surface area contributed by atoms with E-state index >= 15 is 0 Å². The van der Waals surface area contributed by atoms with Gasteiger partial charge in [-0.05, 0) is 44.4 Å². The third kappa shape index (κ3) is 3.07. The van der Waals surface area contributed by atoms with Crippen LogP contribution in [0.15, 0.2) is 35.2 Å². The second-order valence-corrected chi connectivity index (χ2v) is 4.99. The van der Waals surface area contributed by atoms with Gasteiger partial charge in [-0.1, -0.05) is 0 Å². The smallest absolute Gasteiger partial charge is 0.148 e. The summed E-state index contributed by atoms with van der Waals surface area (Å²) < 4.78 is 5.79. The molecule has 0 spiro atoms. The molecule has 0 saturated heterocycles. The Balaban J connectivity index is 2.34. The molecule has 0 N–H and O–H groups in total. The zero-order valence-corrected chi connectivity index (χ0v) is 11.9. The third-order valence-corrected chi connectivity index (χ3v) is 3.43. The number of hydrogen-bond acceptors (Lipinski definition) is 4. The lowest BCUT2D eigenvalue weighted by Crippen LogP contribution is -1.96. The van der Waals surface area contributed by atoms with Crippen LogP contribution in [0, 0.1) is 25.2 Å². The Bertz CT molecular complexity index is 630. The molecule has 0 bridgehead atoms. The first kappa shape index (κ1) is 13.4. The average Bonchev–Trinajstić information content (AvgIpc) is 2.39. The lowest BCUT2D eigenvalue weighted by molar-refractivity contribution is 0.478. The van der Waals surface area contributed by atoms with Crippen molar-refractivity contribution in [3.8, 4) is 17.6 Å². The third-order valence-electron chi connectivity index (χ3n) is 2.69. The number of nitriles is 1. The number of pyridine rings is 1. The molecule has 0 atom stereocenters. The molecule has 4 heteroatoms. The Morgan fingerprint density at radius 2 is 1.89 bits per heavy atom. The van der Waals surface area contributed by atoms with Crippen LogP contribution in [0.2, 0.25) is 0 Å². The zero-order chi connectivity index (χ0) is 13.8. The Morgan fingerprint density at radius 1 is 1.21 bits per heavy atom. The van der Waals surface area contributed by atoms with Gasteiger partial charge in [0.05, 0.1) is 5.69 Å². The Kier molecular flexibility index (Phi) is 4.08. The Labute approximate surface area is 117 Å². The van der Waals surface area contributed by atoms with Gasteiger partial charge in [-0.3, -0.25) is 4.98 Å². The number of aryl methyl sites for hydroxylation is 2. The molecule has 2 rings (SSSR count). The van der Waals surface area contributed by atoms with E-state index in [9.17, 15) is 5.26 Å². The second kappa shape index (κ2) is 5.77. The SMILES string of the molecule is CSc1ccc(Oc2cc(C)nc(C)c2C#N)cc1. The molecular formula is C15H14N2OS. The topological polar surface area (TPSA) is 45.9 Å². The fraction of sp³-hybridized carbons (Fsp3) is 0.200. The first-order valence-electron chi connectivity index (χ1n) is 5.84. The molecule has 1 aromatic carbocycles. The van der Waals surface area contributed by atoms with Gasteiger partial charge >= 0.3 is 0 Å². The molecule has 1 aromatic heterocycles. The average molecular weight is 270 g/mol. The Morgan fingerprint density at radius 3 is 2.47 bits per heavy atom. The zero-order valence-electron chi connectivity index (χ0n) is 11.1. The molecule has 3 nitrogen and oxygen atoms in total. The van der Waals surface area contributed by atoms with Crippen molar-refractivity contribution in [1.82, 2.24) is 4.98 Å². The van der Waals surface area contributed by atoms with Gasteiger partial charge in [0.15, 0.2) is 0 Å². The molecular weight excluding hydrogens is 256 g/mol. The molecule has 19 heavy (non-hydrogen) atoms. The predicted molar refractivity (Wildman–Crippen MR) is 76.7 cm³/mol. The molecule has 0 radical (unpaired) electrons. The van der Waals surface area contributed by atoms with Crippen LogP contribution < -0.4 is 4.74 Å². The van der Waals surface area contributed by atoms with E-state index in [1.54, 1.807) is 17.8 Å². The summed E-state index contributed by atoms with van der Waals surface area (Å²) in [6.45, 7) is 3.70. The highest BCUT2D eigenvalue weighted by Crippen LogP contribution is 2.28. The van der Waals surface area contributed by atoms with E-state index in [4.69, 9.17) is 4.74 Å². The van der Waals surface area contributed by atoms with Crippen LogP contribution in [0.4, 0.5) is 0 Å². The molecule has 0 aliphatic rings. The lowest BCUT2D eigenvalue weighted by atomic mass is 10.2. The standard InChI is InChI=1S/C15H14N2OS/c1-10-8-15(14(9-16)11(2)17-10)18-12-4-6-13(19-3)7-5-12/h4-8H,1-3H3. The molecule has 0 saturated carbocycles. The van der Waals surface area contributed by atoms with Gasteiger partial charge in [0.25, 0.3) is 0 Å². The minimum absolute atomic E-state index is 0.486. The molecule has 0 unspecified atom stereocenters. The maximum absolute atomic E-state index is 9.18. The minimum atomic E-state index is 0.486. The second-order valence-electron chi connectivity index (χ2n) is 4.11. The van der Waals surface area contributed by atoms with E-state index in [-0.39, 0.29) is 0 Å². The summed E-state index contributed by atoms with van der Waals surface area (Å²) in [6, 6.07) is 11.7. The van der Waals surface area contributed by atoms with Crippen molar-refractivity contribution < 1.29 is 4.74 Å². The normalized spacial score (nSPS) is 10.0. The lowest BCUT2D eigenvalue weighted by Gasteiger charge is -2.10. The van der Waals surface area contributed by atoms with Gasteiger partial charge in [-0.25, -0.2) is 0 Å². The van der Waals surface area contributed by atoms with Crippen molar-refractivity contribution in [2.24, 2.45) is 0 Å². The molecule has 2 aromatic rings. The van der Waals surface area contributed by atoms with Gasteiger partial charge in [0, 0.05) is 16.7 Å². The van der Waals surface area contributed by atoms with Crippen molar-refractivity contribution in [2.45, 2.75) is 18.7 Å². The van der Waals surface area contributed by atoms with Crippen LogP contribution in [0.3, 0.4) is 0 Å². The number of hydrogen-bond donors (Lipinski definition) is 0. The van der Waals surface area contributed by atoms with Crippen molar-refractivity contribution >= 4 is 11.8 Å². The van der Waals surface area contributed by atoms with Gasteiger partial charge in [-0.15, -0.1) is 11.8 Å². The van der Waals surface area contributed by atoms with Crippen molar-refractivity contribution in [1.29, 1.82) is 5.26 Å².